The highest BCUT2D eigenvalue weighted by Gasteiger charge is 2.51. The Bertz CT molecular complexity index is 772. The first-order chi connectivity index (χ1) is 17.7. The van der Waals surface area contributed by atoms with Crippen molar-refractivity contribution in [1.29, 1.82) is 0 Å². The molecule has 202 valence electrons. The minimum Gasteiger partial charge on any atom is -0.469 e. The van der Waals surface area contributed by atoms with Gasteiger partial charge in [-0.1, -0.05) is 37.7 Å². The summed E-state index contributed by atoms with van der Waals surface area (Å²) in [5.74, 6) is 2.67. The highest BCUT2D eigenvalue weighted by atomic mass is 16.7. The van der Waals surface area contributed by atoms with Crippen LogP contribution in [0.1, 0.15) is 96.3 Å². The zero-order valence-electron chi connectivity index (χ0n) is 22.2. The predicted molar refractivity (Wildman–Crippen MR) is 137 cm³/mol. The van der Waals surface area contributed by atoms with Gasteiger partial charge in [0.2, 0.25) is 0 Å². The van der Waals surface area contributed by atoms with Crippen LogP contribution in [0.25, 0.3) is 0 Å². The fourth-order valence-electron chi connectivity index (χ4n) is 7.26. The summed E-state index contributed by atoms with van der Waals surface area (Å²) in [6.07, 6.45) is 21.0. The van der Waals surface area contributed by atoms with Gasteiger partial charge in [-0.25, -0.2) is 4.79 Å². The minimum absolute atomic E-state index is 0.0870. The molecule has 5 rings (SSSR count). The fraction of sp³-hybridized carbons (Fsp3) is 0.833. The Kier molecular flexibility index (Phi) is 9.42. The van der Waals surface area contributed by atoms with Crippen molar-refractivity contribution in [2.24, 2.45) is 23.7 Å². The molecule has 0 aromatic carbocycles. The van der Waals surface area contributed by atoms with Crippen molar-refractivity contribution >= 4 is 5.97 Å². The lowest BCUT2D eigenvalue weighted by Crippen LogP contribution is -2.34. The molecule has 0 amide bonds. The van der Waals surface area contributed by atoms with Gasteiger partial charge in [-0.3, -0.25) is 0 Å². The van der Waals surface area contributed by atoms with E-state index in [1.807, 2.05) is 0 Å². The summed E-state index contributed by atoms with van der Waals surface area (Å²) in [7, 11) is 1.45. The van der Waals surface area contributed by atoms with E-state index in [9.17, 15) is 4.79 Å². The Labute approximate surface area is 217 Å². The molecule has 0 bridgehead atoms. The summed E-state index contributed by atoms with van der Waals surface area (Å²) < 4.78 is 30.4. The van der Waals surface area contributed by atoms with Crippen LogP contribution >= 0.6 is 0 Å². The van der Waals surface area contributed by atoms with Crippen LogP contribution in [0.3, 0.4) is 0 Å². The number of carbonyl (C=O) groups is 1. The van der Waals surface area contributed by atoms with Gasteiger partial charge in [0.25, 0.3) is 0 Å². The van der Waals surface area contributed by atoms with Crippen LogP contribution in [0.15, 0.2) is 23.5 Å². The highest BCUT2D eigenvalue weighted by molar-refractivity contribution is 5.82. The molecule has 0 radical (unpaired) electrons. The van der Waals surface area contributed by atoms with Gasteiger partial charge in [0, 0.05) is 25.0 Å². The first-order valence-corrected chi connectivity index (χ1v) is 14.7. The third-order valence-corrected chi connectivity index (χ3v) is 9.12. The van der Waals surface area contributed by atoms with E-state index in [0.29, 0.717) is 11.8 Å². The second kappa shape index (κ2) is 12.9. The smallest absolute Gasteiger partial charge is 0.330 e. The van der Waals surface area contributed by atoms with Crippen molar-refractivity contribution in [2.45, 2.75) is 115 Å². The molecule has 0 aromatic rings. The molecular weight excluding hydrogens is 456 g/mol. The predicted octanol–water partition coefficient (Wildman–Crippen LogP) is 6.44. The van der Waals surface area contributed by atoms with Crippen molar-refractivity contribution < 1.29 is 28.5 Å². The van der Waals surface area contributed by atoms with Crippen molar-refractivity contribution in [3.63, 3.8) is 0 Å². The van der Waals surface area contributed by atoms with E-state index in [1.54, 1.807) is 6.08 Å². The molecule has 0 aromatic heterocycles. The lowest BCUT2D eigenvalue weighted by molar-refractivity contribution is -0.201. The zero-order chi connectivity index (χ0) is 24.7. The molecule has 5 aliphatic rings. The number of rotatable bonds is 8. The van der Waals surface area contributed by atoms with Gasteiger partial charge in [0.15, 0.2) is 12.6 Å². The first kappa shape index (κ1) is 26.2. The number of carbonyl (C=O) groups excluding carboxylic acids is 1. The first-order valence-electron chi connectivity index (χ1n) is 14.7. The number of fused-ring (bicyclic) bond motifs is 1. The molecule has 2 heterocycles. The Balaban J connectivity index is 1.38. The Morgan fingerprint density at radius 3 is 2.33 bits per heavy atom. The van der Waals surface area contributed by atoms with E-state index in [2.05, 4.69) is 6.08 Å². The zero-order valence-corrected chi connectivity index (χ0v) is 22.2. The van der Waals surface area contributed by atoms with Gasteiger partial charge in [-0.2, -0.15) is 0 Å². The summed E-state index contributed by atoms with van der Waals surface area (Å²) >= 11 is 0. The van der Waals surface area contributed by atoms with E-state index < -0.39 is 0 Å². The average Bonchev–Trinajstić information content (AvgIpc) is 3.45. The fourth-order valence-corrected chi connectivity index (χ4v) is 7.26. The number of esters is 1. The molecular formula is C30H46O6. The molecule has 36 heavy (non-hydrogen) atoms. The Morgan fingerprint density at radius 1 is 0.917 bits per heavy atom. The standard InChI is InChI=1S/C30H46O6/c1-32-27(31)19-22-17-23-20-26(36-29-12-6-8-16-34-29)30(24(23)18-22)25(35-28-11-5-7-15-33-28)14-13-21-9-3-2-4-10-21/h14,19,21,23-24,26,28-30H,2-13,15-18,20H2,1H3/t23-,24-,26-,28?,29?,30+/m1/s1. The second-order valence-corrected chi connectivity index (χ2v) is 11.7. The summed E-state index contributed by atoms with van der Waals surface area (Å²) in [6.45, 7) is 1.57. The highest BCUT2D eigenvalue weighted by Crippen LogP contribution is 2.54. The maximum atomic E-state index is 12.0. The quantitative estimate of drug-likeness (QED) is 0.216. The SMILES string of the molecule is COC(=O)C=C1C[C@@H]2C[C@@H](OC3CCCCO3)[C@H](C(=CCC3CCCCC3)OC3CCCCO3)[C@@H]2C1. The van der Waals surface area contributed by atoms with Gasteiger partial charge in [-0.15, -0.1) is 0 Å². The molecule has 2 saturated heterocycles. The maximum absolute atomic E-state index is 12.0. The number of hydrogen-bond acceptors (Lipinski definition) is 6. The molecule has 6 heteroatoms. The second-order valence-electron chi connectivity index (χ2n) is 11.7. The molecule has 2 unspecified atom stereocenters. The monoisotopic (exact) mass is 502 g/mol. The summed E-state index contributed by atoms with van der Waals surface area (Å²) in [6, 6.07) is 0. The van der Waals surface area contributed by atoms with E-state index in [0.717, 1.165) is 89.1 Å². The van der Waals surface area contributed by atoms with Crippen LogP contribution in [-0.4, -0.2) is 45.0 Å². The number of ether oxygens (including phenoxy) is 5. The van der Waals surface area contributed by atoms with Gasteiger partial charge >= 0.3 is 5.97 Å². The lowest BCUT2D eigenvalue weighted by Gasteiger charge is -2.34. The molecule has 0 spiro atoms. The van der Waals surface area contributed by atoms with Crippen LogP contribution in [0, 0.1) is 23.7 Å². The summed E-state index contributed by atoms with van der Waals surface area (Å²) in [4.78, 5) is 12.0. The molecule has 6 atom stereocenters. The molecule has 5 fully saturated rings. The Morgan fingerprint density at radius 2 is 1.64 bits per heavy atom. The topological polar surface area (TPSA) is 63.2 Å². The number of hydrogen-bond donors (Lipinski definition) is 0. The van der Waals surface area contributed by atoms with E-state index in [-0.39, 0.29) is 30.6 Å². The van der Waals surface area contributed by atoms with Crippen molar-refractivity contribution in [3.8, 4) is 0 Å². The number of allylic oxidation sites excluding steroid dienone is 2. The summed E-state index contributed by atoms with van der Waals surface area (Å²) in [5.41, 5.74) is 1.20. The summed E-state index contributed by atoms with van der Waals surface area (Å²) in [5, 5.41) is 0. The molecule has 3 saturated carbocycles. The van der Waals surface area contributed by atoms with Crippen molar-refractivity contribution in [2.75, 3.05) is 20.3 Å². The molecule has 6 nitrogen and oxygen atoms in total. The van der Waals surface area contributed by atoms with Crippen LogP contribution in [0.2, 0.25) is 0 Å². The molecule has 3 aliphatic carbocycles. The van der Waals surface area contributed by atoms with E-state index >= 15 is 0 Å². The number of methoxy groups -OCH3 is 1. The average molecular weight is 503 g/mol. The molecule has 2 aliphatic heterocycles. The largest absolute Gasteiger partial charge is 0.469 e. The Hall–Kier alpha value is -1.37. The normalized spacial score (nSPS) is 37.1. The van der Waals surface area contributed by atoms with Gasteiger partial charge in [-0.05, 0) is 81.6 Å². The minimum atomic E-state index is -0.246. The molecule has 0 N–H and O–H groups in total. The van der Waals surface area contributed by atoms with Crippen LogP contribution in [0.4, 0.5) is 0 Å². The van der Waals surface area contributed by atoms with Gasteiger partial charge in [0.1, 0.15) is 5.76 Å². The van der Waals surface area contributed by atoms with Crippen molar-refractivity contribution in [1.82, 2.24) is 0 Å². The maximum Gasteiger partial charge on any atom is 0.330 e. The van der Waals surface area contributed by atoms with Gasteiger partial charge in [0.05, 0.1) is 19.8 Å². The van der Waals surface area contributed by atoms with Gasteiger partial charge < -0.3 is 23.7 Å². The van der Waals surface area contributed by atoms with E-state index in [4.69, 9.17) is 23.7 Å². The third kappa shape index (κ3) is 6.73. The van der Waals surface area contributed by atoms with Crippen LogP contribution in [-0.2, 0) is 28.5 Å². The van der Waals surface area contributed by atoms with Crippen molar-refractivity contribution in [3.05, 3.63) is 23.5 Å². The van der Waals surface area contributed by atoms with E-state index in [1.165, 1.54) is 44.8 Å². The van der Waals surface area contributed by atoms with Crippen LogP contribution < -0.4 is 0 Å². The lowest BCUT2D eigenvalue weighted by atomic mass is 9.85. The van der Waals surface area contributed by atoms with Crippen LogP contribution in [0.5, 0.6) is 0 Å². The third-order valence-electron chi connectivity index (χ3n) is 9.12.